The number of ketones is 2. The molecule has 0 atom stereocenters. The van der Waals surface area contributed by atoms with Gasteiger partial charge in [0.1, 0.15) is 0 Å². The van der Waals surface area contributed by atoms with E-state index in [9.17, 15) is 9.59 Å². The number of benzene rings is 1. The average molecular weight is 567 g/mol. The molecule has 1 aliphatic carbocycles. The summed E-state index contributed by atoms with van der Waals surface area (Å²) < 4.78 is 0. The molecule has 42 heavy (non-hydrogen) atoms. The average Bonchev–Trinajstić information content (AvgIpc) is 2.87. The number of hydrogen-bond acceptors (Lipinski definition) is 2. The summed E-state index contributed by atoms with van der Waals surface area (Å²) in [6, 6.07) is 0. The van der Waals surface area contributed by atoms with Gasteiger partial charge in [-0.3, -0.25) is 9.59 Å². The van der Waals surface area contributed by atoms with E-state index in [1.165, 1.54) is 33.4 Å². The fourth-order valence-electron chi connectivity index (χ4n) is 5.26. The largest absolute Gasteiger partial charge is 0.289 e. The maximum atomic E-state index is 14.7. The quantitative estimate of drug-likeness (QED) is 0.236. The van der Waals surface area contributed by atoms with E-state index in [4.69, 9.17) is 0 Å². The number of hydrogen-bond donors (Lipinski definition) is 0. The van der Waals surface area contributed by atoms with E-state index in [1.54, 1.807) is 0 Å². The van der Waals surface area contributed by atoms with Crippen LogP contribution in [0.4, 0.5) is 0 Å². The topological polar surface area (TPSA) is 34.1 Å². The number of rotatable bonds is 12. The SMILES string of the molecule is CC(C)=CCC1=C(CC=C(C)C)C(=O)c2c(CC=C(C)C)c(CC=C(C)C)c(CC=C(C)C)c(CC=C(C)C)c2C1=O. The Kier molecular flexibility index (Phi) is 13.2. The van der Waals surface area contributed by atoms with Crippen molar-refractivity contribution in [2.24, 2.45) is 0 Å². The molecule has 0 spiro atoms. The molecule has 2 rings (SSSR count). The fourth-order valence-corrected chi connectivity index (χ4v) is 5.26. The predicted molar refractivity (Wildman–Crippen MR) is 183 cm³/mol. The van der Waals surface area contributed by atoms with Crippen LogP contribution in [0.25, 0.3) is 0 Å². The first-order chi connectivity index (χ1) is 19.6. The van der Waals surface area contributed by atoms with Gasteiger partial charge in [0.25, 0.3) is 0 Å². The Labute approximate surface area is 256 Å². The smallest absolute Gasteiger partial charge is 0.190 e. The lowest BCUT2D eigenvalue weighted by Crippen LogP contribution is -2.28. The molecule has 0 aromatic heterocycles. The lowest BCUT2D eigenvalue weighted by atomic mass is 9.72. The van der Waals surface area contributed by atoms with Crippen LogP contribution in [0.15, 0.2) is 81.0 Å². The van der Waals surface area contributed by atoms with Gasteiger partial charge in [0.2, 0.25) is 0 Å². The Bertz CT molecular complexity index is 1310. The van der Waals surface area contributed by atoms with Crippen molar-refractivity contribution in [2.75, 3.05) is 0 Å². The van der Waals surface area contributed by atoms with Crippen LogP contribution < -0.4 is 0 Å². The molecule has 2 nitrogen and oxygen atoms in total. The van der Waals surface area contributed by atoms with Gasteiger partial charge in [-0.25, -0.2) is 0 Å². The Morgan fingerprint density at radius 3 is 0.810 bits per heavy atom. The van der Waals surface area contributed by atoms with Crippen LogP contribution in [0.1, 0.15) is 139 Å². The van der Waals surface area contributed by atoms with E-state index >= 15 is 0 Å². The highest BCUT2D eigenvalue weighted by atomic mass is 16.1. The minimum Gasteiger partial charge on any atom is -0.289 e. The van der Waals surface area contributed by atoms with Crippen molar-refractivity contribution in [2.45, 2.75) is 122 Å². The van der Waals surface area contributed by atoms with Crippen molar-refractivity contribution in [3.05, 3.63) is 114 Å². The van der Waals surface area contributed by atoms with Crippen molar-refractivity contribution < 1.29 is 9.59 Å². The minimum atomic E-state index is 0.0297. The summed E-state index contributed by atoms with van der Waals surface area (Å²) in [4.78, 5) is 29.5. The third-order valence-corrected chi connectivity index (χ3v) is 7.60. The van der Waals surface area contributed by atoms with E-state index in [0.717, 1.165) is 35.1 Å². The molecule has 0 saturated heterocycles. The van der Waals surface area contributed by atoms with Crippen LogP contribution in [0.3, 0.4) is 0 Å². The summed E-state index contributed by atoms with van der Waals surface area (Å²) in [6.45, 7) is 25.1. The van der Waals surface area contributed by atoms with Crippen LogP contribution in [-0.2, 0) is 25.7 Å². The van der Waals surface area contributed by atoms with Gasteiger partial charge >= 0.3 is 0 Å². The Hall–Kier alpha value is -3.26. The van der Waals surface area contributed by atoms with E-state index in [0.29, 0.717) is 48.0 Å². The standard InChI is InChI=1S/C40H54O2/c1-25(2)13-19-31-32(20-14-26(3)4)34(22-16-28(7)8)38-37(33(31)21-15-27(5)6)39(41)35(23-17-29(9)10)36(40(38)42)24-18-30(11)12/h13-18H,19-24H2,1-12H3. The molecule has 0 amide bonds. The predicted octanol–water partition coefficient (Wildman–Crippen LogP) is 11.1. The molecule has 0 radical (unpaired) electrons. The molecule has 0 aliphatic heterocycles. The molecule has 1 aliphatic rings. The van der Waals surface area contributed by atoms with Crippen molar-refractivity contribution in [3.63, 3.8) is 0 Å². The molecule has 2 heteroatoms. The van der Waals surface area contributed by atoms with Gasteiger partial charge in [0.05, 0.1) is 0 Å². The zero-order chi connectivity index (χ0) is 31.7. The van der Waals surface area contributed by atoms with Crippen molar-refractivity contribution >= 4 is 11.6 Å². The van der Waals surface area contributed by atoms with Crippen LogP contribution in [0.2, 0.25) is 0 Å². The number of carbonyl (C=O) groups is 2. The summed E-state index contributed by atoms with van der Waals surface area (Å²) in [5.74, 6) is 0.0594. The van der Waals surface area contributed by atoms with E-state index in [2.05, 4.69) is 91.8 Å². The normalized spacial score (nSPS) is 12.4. The zero-order valence-corrected chi connectivity index (χ0v) is 28.5. The third kappa shape index (κ3) is 9.38. The van der Waals surface area contributed by atoms with Crippen LogP contribution >= 0.6 is 0 Å². The molecular weight excluding hydrogens is 512 g/mol. The first-order valence-electron chi connectivity index (χ1n) is 15.5. The first-order valence-corrected chi connectivity index (χ1v) is 15.5. The first kappa shape index (κ1) is 34.9. The molecule has 226 valence electrons. The van der Waals surface area contributed by atoms with Crippen molar-refractivity contribution in [1.29, 1.82) is 0 Å². The fraction of sp³-hybridized carbons (Fsp3) is 0.450. The molecule has 0 bridgehead atoms. The molecule has 0 fully saturated rings. The Morgan fingerprint density at radius 2 is 0.571 bits per heavy atom. The zero-order valence-electron chi connectivity index (χ0n) is 28.5. The summed E-state index contributed by atoms with van der Waals surface area (Å²) in [6.07, 6.45) is 16.8. The van der Waals surface area contributed by atoms with Gasteiger partial charge in [-0.05, 0) is 144 Å². The third-order valence-electron chi connectivity index (χ3n) is 7.60. The Morgan fingerprint density at radius 1 is 0.357 bits per heavy atom. The summed E-state index contributed by atoms with van der Waals surface area (Å²) in [5, 5.41) is 0. The molecule has 0 heterocycles. The number of fused-ring (bicyclic) bond motifs is 1. The highest BCUT2D eigenvalue weighted by Crippen LogP contribution is 2.40. The van der Waals surface area contributed by atoms with Gasteiger partial charge in [-0.1, -0.05) is 69.9 Å². The summed E-state index contributed by atoms with van der Waals surface area (Å²) in [7, 11) is 0. The summed E-state index contributed by atoms with van der Waals surface area (Å²) in [5.41, 5.74) is 14.2. The van der Waals surface area contributed by atoms with E-state index < -0.39 is 0 Å². The molecule has 0 N–H and O–H groups in total. The van der Waals surface area contributed by atoms with Gasteiger partial charge < -0.3 is 0 Å². The number of allylic oxidation sites excluding steroid dienone is 14. The van der Waals surface area contributed by atoms with Crippen LogP contribution in [0, 0.1) is 0 Å². The van der Waals surface area contributed by atoms with Crippen molar-refractivity contribution in [1.82, 2.24) is 0 Å². The number of carbonyl (C=O) groups excluding carboxylic acids is 2. The second-order valence-corrected chi connectivity index (χ2v) is 13.2. The molecular formula is C40H54O2. The van der Waals surface area contributed by atoms with Crippen LogP contribution in [0.5, 0.6) is 0 Å². The number of Topliss-reactive ketones (excluding diaryl/α,β-unsaturated/α-hetero) is 2. The second-order valence-electron chi connectivity index (χ2n) is 13.2. The van der Waals surface area contributed by atoms with E-state index in [-0.39, 0.29) is 11.6 Å². The lowest BCUT2D eigenvalue weighted by Gasteiger charge is -2.29. The highest BCUT2D eigenvalue weighted by molar-refractivity contribution is 6.28. The van der Waals surface area contributed by atoms with Gasteiger partial charge in [0, 0.05) is 22.3 Å². The highest BCUT2D eigenvalue weighted by Gasteiger charge is 2.37. The van der Waals surface area contributed by atoms with E-state index in [1.807, 2.05) is 27.7 Å². The van der Waals surface area contributed by atoms with Crippen molar-refractivity contribution in [3.8, 4) is 0 Å². The molecule has 0 saturated carbocycles. The van der Waals surface area contributed by atoms with Gasteiger partial charge in [0.15, 0.2) is 11.6 Å². The maximum Gasteiger partial charge on any atom is 0.190 e. The monoisotopic (exact) mass is 566 g/mol. The second kappa shape index (κ2) is 15.8. The van der Waals surface area contributed by atoms with Gasteiger partial charge in [-0.2, -0.15) is 0 Å². The van der Waals surface area contributed by atoms with Gasteiger partial charge in [-0.15, -0.1) is 0 Å². The van der Waals surface area contributed by atoms with Crippen LogP contribution in [-0.4, -0.2) is 11.6 Å². The molecule has 1 aromatic carbocycles. The molecule has 0 unspecified atom stereocenters. The maximum absolute atomic E-state index is 14.7. The Balaban J connectivity index is 3.21. The summed E-state index contributed by atoms with van der Waals surface area (Å²) >= 11 is 0. The molecule has 1 aromatic rings. The lowest BCUT2D eigenvalue weighted by molar-refractivity contribution is 0.0970. The minimum absolute atomic E-state index is 0.0297.